The van der Waals surface area contributed by atoms with Gasteiger partial charge in [0.25, 0.3) is 5.69 Å². The van der Waals surface area contributed by atoms with E-state index in [1.54, 1.807) is 30.3 Å². The number of hydrogen-bond donors (Lipinski definition) is 2. The van der Waals surface area contributed by atoms with Gasteiger partial charge in [-0.3, -0.25) is 10.1 Å². The van der Waals surface area contributed by atoms with Crippen molar-refractivity contribution in [2.45, 2.75) is 0 Å². The number of para-hydroxylation sites is 4. The van der Waals surface area contributed by atoms with Crippen LogP contribution in [-0.2, 0) is 0 Å². The number of nitrogens with zero attached hydrogens (tertiary/aromatic N) is 1. The number of anilines is 1. The standard InChI is InChI=1S/C15H15N3O5/c1-22-13-8-4-5-9-14(13)23-10-16-15(19)17-11-6-2-3-7-12(11)18(20)21/h2-9H,10H2,1H3,(H2,16,17,19). The molecular formula is C15H15N3O5. The number of amides is 2. The Bertz CT molecular complexity index is 705. The van der Waals surface area contributed by atoms with E-state index in [0.29, 0.717) is 11.5 Å². The van der Waals surface area contributed by atoms with Crippen LogP contribution in [0.25, 0.3) is 0 Å². The lowest BCUT2D eigenvalue weighted by atomic mass is 10.3. The Morgan fingerprint density at radius 2 is 1.78 bits per heavy atom. The first-order chi connectivity index (χ1) is 11.1. The Kier molecular flexibility index (Phi) is 5.35. The Hall–Kier alpha value is -3.29. The van der Waals surface area contributed by atoms with Crippen molar-refractivity contribution in [2.24, 2.45) is 0 Å². The van der Waals surface area contributed by atoms with Gasteiger partial charge in [0.15, 0.2) is 18.2 Å². The highest BCUT2D eigenvalue weighted by Crippen LogP contribution is 2.25. The number of carbonyl (C=O) groups excluding carboxylic acids is 1. The van der Waals surface area contributed by atoms with E-state index in [2.05, 4.69) is 10.6 Å². The minimum atomic E-state index is -0.616. The summed E-state index contributed by atoms with van der Waals surface area (Å²) in [4.78, 5) is 22.1. The molecule has 2 aromatic carbocycles. The SMILES string of the molecule is COc1ccccc1OCNC(=O)Nc1ccccc1[N+](=O)[O-]. The van der Waals surface area contributed by atoms with Crippen molar-refractivity contribution in [3.05, 3.63) is 58.6 Å². The molecule has 2 amide bonds. The maximum absolute atomic E-state index is 11.8. The predicted octanol–water partition coefficient (Wildman–Crippen LogP) is 2.76. The summed E-state index contributed by atoms with van der Waals surface area (Å²) in [6.45, 7) is -0.118. The molecule has 2 N–H and O–H groups in total. The second-order valence-electron chi connectivity index (χ2n) is 4.34. The summed E-state index contributed by atoms with van der Waals surface area (Å²) in [6, 6.07) is 12.2. The first kappa shape index (κ1) is 16.1. The third-order valence-corrected chi connectivity index (χ3v) is 2.88. The van der Waals surface area contributed by atoms with Gasteiger partial charge in [0.05, 0.1) is 12.0 Å². The molecule has 0 aromatic heterocycles. The average Bonchev–Trinajstić information content (AvgIpc) is 2.55. The smallest absolute Gasteiger partial charge is 0.322 e. The van der Waals surface area contributed by atoms with Crippen LogP contribution in [0.4, 0.5) is 16.2 Å². The van der Waals surface area contributed by atoms with E-state index in [9.17, 15) is 14.9 Å². The Balaban J connectivity index is 1.90. The van der Waals surface area contributed by atoms with Gasteiger partial charge in [0, 0.05) is 6.07 Å². The number of nitro benzene ring substituents is 1. The van der Waals surface area contributed by atoms with Crippen LogP contribution in [0.1, 0.15) is 0 Å². The van der Waals surface area contributed by atoms with Crippen LogP contribution in [0.3, 0.4) is 0 Å². The van der Waals surface area contributed by atoms with Gasteiger partial charge in [-0.1, -0.05) is 24.3 Å². The van der Waals surface area contributed by atoms with Crippen molar-refractivity contribution in [1.82, 2.24) is 5.32 Å². The van der Waals surface area contributed by atoms with Gasteiger partial charge in [-0.25, -0.2) is 4.79 Å². The molecular weight excluding hydrogens is 302 g/mol. The molecule has 0 unspecified atom stereocenters. The van der Waals surface area contributed by atoms with Crippen molar-refractivity contribution in [3.63, 3.8) is 0 Å². The van der Waals surface area contributed by atoms with Crippen LogP contribution in [0.5, 0.6) is 11.5 Å². The maximum Gasteiger partial charge on any atom is 0.322 e. The molecule has 0 fully saturated rings. The number of methoxy groups -OCH3 is 1. The zero-order valence-electron chi connectivity index (χ0n) is 12.3. The summed E-state index contributed by atoms with van der Waals surface area (Å²) in [5.41, 5.74) is -0.0828. The molecule has 8 nitrogen and oxygen atoms in total. The normalized spacial score (nSPS) is 9.78. The van der Waals surface area contributed by atoms with Gasteiger partial charge < -0.3 is 20.1 Å². The predicted molar refractivity (Wildman–Crippen MR) is 83.7 cm³/mol. The molecule has 0 saturated carbocycles. The number of carbonyl (C=O) groups is 1. The molecule has 0 radical (unpaired) electrons. The highest BCUT2D eigenvalue weighted by atomic mass is 16.6. The largest absolute Gasteiger partial charge is 0.493 e. The third-order valence-electron chi connectivity index (χ3n) is 2.88. The van der Waals surface area contributed by atoms with Crippen molar-refractivity contribution < 1.29 is 19.2 Å². The van der Waals surface area contributed by atoms with Gasteiger partial charge in [0.2, 0.25) is 0 Å². The molecule has 0 aliphatic heterocycles. The van der Waals surface area contributed by atoms with Crippen LogP contribution in [-0.4, -0.2) is 24.8 Å². The van der Waals surface area contributed by atoms with E-state index in [0.717, 1.165) is 0 Å². The summed E-state index contributed by atoms with van der Waals surface area (Å²) in [5, 5.41) is 15.7. The van der Waals surface area contributed by atoms with Crippen LogP contribution in [0, 0.1) is 10.1 Å². The van der Waals surface area contributed by atoms with Gasteiger partial charge in [-0.15, -0.1) is 0 Å². The monoisotopic (exact) mass is 317 g/mol. The summed E-state index contributed by atoms with van der Waals surface area (Å²) in [5.74, 6) is 1.01. The number of ether oxygens (including phenoxy) is 2. The van der Waals surface area contributed by atoms with Gasteiger partial charge in [-0.05, 0) is 18.2 Å². The van der Waals surface area contributed by atoms with E-state index in [-0.39, 0.29) is 18.1 Å². The molecule has 23 heavy (non-hydrogen) atoms. The van der Waals surface area contributed by atoms with Gasteiger partial charge in [0.1, 0.15) is 5.69 Å². The molecule has 0 bridgehead atoms. The summed E-state index contributed by atoms with van der Waals surface area (Å²) < 4.78 is 10.5. The highest BCUT2D eigenvalue weighted by Gasteiger charge is 2.14. The topological polar surface area (TPSA) is 103 Å². The number of nitro groups is 1. The molecule has 8 heteroatoms. The molecule has 0 atom stereocenters. The van der Waals surface area contributed by atoms with Crippen molar-refractivity contribution in [2.75, 3.05) is 19.2 Å². The molecule has 0 aliphatic carbocycles. The maximum atomic E-state index is 11.8. The number of benzene rings is 2. The fourth-order valence-electron chi connectivity index (χ4n) is 1.82. The van der Waals surface area contributed by atoms with E-state index in [1.165, 1.54) is 25.3 Å². The molecule has 0 saturated heterocycles. The second-order valence-corrected chi connectivity index (χ2v) is 4.34. The highest BCUT2D eigenvalue weighted by molar-refractivity contribution is 5.91. The Morgan fingerprint density at radius 3 is 2.48 bits per heavy atom. The molecule has 0 spiro atoms. The molecule has 2 rings (SSSR count). The lowest BCUT2D eigenvalue weighted by Crippen LogP contribution is -2.32. The van der Waals surface area contributed by atoms with Crippen molar-refractivity contribution in [1.29, 1.82) is 0 Å². The lowest BCUT2D eigenvalue weighted by molar-refractivity contribution is -0.383. The quantitative estimate of drug-likeness (QED) is 0.484. The molecule has 120 valence electrons. The minimum absolute atomic E-state index is 0.104. The van der Waals surface area contributed by atoms with Crippen LogP contribution in [0.2, 0.25) is 0 Å². The summed E-state index contributed by atoms with van der Waals surface area (Å²) in [7, 11) is 1.51. The zero-order valence-corrected chi connectivity index (χ0v) is 12.3. The number of hydrogen-bond acceptors (Lipinski definition) is 5. The lowest BCUT2D eigenvalue weighted by Gasteiger charge is -2.11. The van der Waals surface area contributed by atoms with E-state index in [4.69, 9.17) is 9.47 Å². The Labute approximate surface area is 132 Å². The van der Waals surface area contributed by atoms with E-state index in [1.807, 2.05) is 0 Å². The number of nitrogens with one attached hydrogen (secondary N) is 2. The third kappa shape index (κ3) is 4.34. The van der Waals surface area contributed by atoms with E-state index >= 15 is 0 Å². The van der Waals surface area contributed by atoms with Crippen molar-refractivity contribution in [3.8, 4) is 11.5 Å². The summed E-state index contributed by atoms with van der Waals surface area (Å²) >= 11 is 0. The molecule has 0 aliphatic rings. The zero-order chi connectivity index (χ0) is 16.7. The fourth-order valence-corrected chi connectivity index (χ4v) is 1.82. The first-order valence-corrected chi connectivity index (χ1v) is 6.66. The van der Waals surface area contributed by atoms with Gasteiger partial charge in [-0.2, -0.15) is 0 Å². The van der Waals surface area contributed by atoms with Crippen LogP contribution in [0.15, 0.2) is 48.5 Å². The number of urea groups is 1. The first-order valence-electron chi connectivity index (χ1n) is 6.66. The molecule has 0 heterocycles. The van der Waals surface area contributed by atoms with Crippen LogP contribution >= 0.6 is 0 Å². The Morgan fingerprint density at radius 1 is 1.13 bits per heavy atom. The summed E-state index contributed by atoms with van der Waals surface area (Å²) in [6.07, 6.45) is 0. The second kappa shape index (κ2) is 7.64. The van der Waals surface area contributed by atoms with E-state index < -0.39 is 11.0 Å². The van der Waals surface area contributed by atoms with Crippen molar-refractivity contribution >= 4 is 17.4 Å². The van der Waals surface area contributed by atoms with Crippen LogP contribution < -0.4 is 20.1 Å². The fraction of sp³-hybridized carbons (Fsp3) is 0.133. The number of rotatable bonds is 6. The molecule has 2 aromatic rings. The van der Waals surface area contributed by atoms with Gasteiger partial charge >= 0.3 is 6.03 Å². The average molecular weight is 317 g/mol. The minimum Gasteiger partial charge on any atom is -0.493 e.